The summed E-state index contributed by atoms with van der Waals surface area (Å²) in [6.45, 7) is -0.511. The fraction of sp³-hybridized carbons (Fsp3) is 0.346. The van der Waals surface area contributed by atoms with Gasteiger partial charge in [-0.3, -0.25) is 4.79 Å². The first-order valence-electron chi connectivity index (χ1n) is 12.0. The lowest BCUT2D eigenvalue weighted by atomic mass is 10.0. The van der Waals surface area contributed by atoms with Crippen molar-refractivity contribution in [3.05, 3.63) is 69.4 Å². The van der Waals surface area contributed by atoms with Crippen LogP contribution in [0.5, 0.6) is 0 Å². The molecular formula is C26H20F8N2O5. The lowest BCUT2D eigenvalue weighted by Gasteiger charge is -2.32. The molecule has 7 nitrogen and oxygen atoms in total. The number of carbonyl (C=O) groups excluding carboxylic acids is 2. The molecule has 0 spiro atoms. The van der Waals surface area contributed by atoms with Crippen LogP contribution in [0.1, 0.15) is 34.3 Å². The third-order valence-corrected chi connectivity index (χ3v) is 6.30. The van der Waals surface area contributed by atoms with Crippen molar-refractivity contribution in [2.75, 3.05) is 29.9 Å². The SMILES string of the molecule is O=C(OC(=O)C(F)(F)F)c1ccccc1NCCc1cc(C(F)(F)F)cc2c(=O)cc(N3CCC(F)(F)CC3)oc12. The van der Waals surface area contributed by atoms with E-state index >= 15 is 0 Å². The smallest absolute Gasteiger partial charge is 0.440 e. The molecule has 1 aliphatic heterocycles. The Balaban J connectivity index is 1.62. The number of rotatable bonds is 6. The monoisotopic (exact) mass is 592 g/mol. The van der Waals surface area contributed by atoms with E-state index in [0.717, 1.165) is 18.2 Å². The molecule has 1 fully saturated rings. The Hall–Kier alpha value is -4.17. The Kier molecular flexibility index (Phi) is 8.00. The van der Waals surface area contributed by atoms with E-state index in [1.165, 1.54) is 23.1 Å². The van der Waals surface area contributed by atoms with Gasteiger partial charge >= 0.3 is 24.3 Å². The topological polar surface area (TPSA) is 88.8 Å². The van der Waals surface area contributed by atoms with Crippen molar-refractivity contribution in [3.8, 4) is 0 Å². The number of piperidine rings is 1. The fourth-order valence-corrected chi connectivity index (χ4v) is 4.22. The summed E-state index contributed by atoms with van der Waals surface area (Å²) in [7, 11) is 0. The Morgan fingerprint density at radius 2 is 1.66 bits per heavy atom. The number of anilines is 2. The molecule has 0 bridgehead atoms. The molecular weight excluding hydrogens is 572 g/mol. The van der Waals surface area contributed by atoms with Crippen LogP contribution >= 0.6 is 0 Å². The average molecular weight is 592 g/mol. The standard InChI is InChI=1S/C26H20F8N2O5/c27-24(28)6-9-36(10-7-24)20-13-19(37)17-12-15(25(29,30)31)11-14(21(17)40-20)5-8-35-18-4-2-1-3-16(18)22(38)41-23(39)26(32,33)34/h1-4,11-13,35H,5-10H2. The molecule has 41 heavy (non-hydrogen) atoms. The van der Waals surface area contributed by atoms with Gasteiger partial charge in [0.05, 0.1) is 16.5 Å². The Morgan fingerprint density at radius 1 is 1.00 bits per heavy atom. The minimum atomic E-state index is -5.42. The molecule has 1 aromatic heterocycles. The molecule has 2 heterocycles. The summed E-state index contributed by atoms with van der Waals surface area (Å²) >= 11 is 0. The van der Waals surface area contributed by atoms with Crippen LogP contribution < -0.4 is 15.6 Å². The van der Waals surface area contributed by atoms with Crippen molar-refractivity contribution in [3.63, 3.8) is 0 Å². The summed E-state index contributed by atoms with van der Waals surface area (Å²) in [6, 6.07) is 7.34. The summed E-state index contributed by atoms with van der Waals surface area (Å²) in [5.74, 6) is -7.32. The van der Waals surface area contributed by atoms with Crippen molar-refractivity contribution >= 4 is 34.5 Å². The Morgan fingerprint density at radius 3 is 2.29 bits per heavy atom. The van der Waals surface area contributed by atoms with Crippen LogP contribution in [0, 0.1) is 0 Å². The number of nitrogens with zero attached hydrogens (tertiary/aromatic N) is 1. The highest BCUT2D eigenvalue weighted by Crippen LogP contribution is 2.35. The molecule has 3 aromatic rings. The molecule has 1 N–H and O–H groups in total. The number of esters is 2. The molecule has 4 rings (SSSR count). The maximum Gasteiger partial charge on any atom is 0.491 e. The van der Waals surface area contributed by atoms with E-state index in [1.807, 2.05) is 0 Å². The van der Waals surface area contributed by atoms with Gasteiger partial charge in [-0.1, -0.05) is 12.1 Å². The van der Waals surface area contributed by atoms with Crippen LogP contribution in [0.4, 0.5) is 46.7 Å². The quantitative estimate of drug-likeness (QED) is 0.215. The predicted molar refractivity (Wildman–Crippen MR) is 129 cm³/mol. The first kappa shape index (κ1) is 29.8. The number of ether oxygens (including phenoxy) is 1. The van der Waals surface area contributed by atoms with Crippen molar-refractivity contribution in [2.45, 2.75) is 37.5 Å². The van der Waals surface area contributed by atoms with Gasteiger partial charge in [0.25, 0.3) is 5.92 Å². The second-order valence-electron chi connectivity index (χ2n) is 9.20. The van der Waals surface area contributed by atoms with Gasteiger partial charge in [-0.25, -0.2) is 18.4 Å². The average Bonchev–Trinajstić information content (AvgIpc) is 2.87. The van der Waals surface area contributed by atoms with Crippen LogP contribution in [-0.2, 0) is 22.1 Å². The maximum absolute atomic E-state index is 13.6. The van der Waals surface area contributed by atoms with Crippen molar-refractivity contribution < 1.29 is 53.9 Å². The van der Waals surface area contributed by atoms with Gasteiger partial charge in [0.1, 0.15) is 5.58 Å². The molecule has 0 aliphatic carbocycles. The Labute approximate surface area is 225 Å². The van der Waals surface area contributed by atoms with Gasteiger partial charge in [-0.2, -0.15) is 26.3 Å². The van der Waals surface area contributed by atoms with Gasteiger partial charge < -0.3 is 19.4 Å². The van der Waals surface area contributed by atoms with E-state index in [2.05, 4.69) is 10.1 Å². The summed E-state index contributed by atoms with van der Waals surface area (Å²) in [5.41, 5.74) is -2.79. The van der Waals surface area contributed by atoms with E-state index in [9.17, 15) is 49.5 Å². The zero-order valence-electron chi connectivity index (χ0n) is 20.8. The predicted octanol–water partition coefficient (Wildman–Crippen LogP) is 5.95. The summed E-state index contributed by atoms with van der Waals surface area (Å²) in [5, 5.41) is 2.30. The highest BCUT2D eigenvalue weighted by Gasteiger charge is 2.43. The third-order valence-electron chi connectivity index (χ3n) is 6.30. The molecule has 15 heteroatoms. The van der Waals surface area contributed by atoms with E-state index in [4.69, 9.17) is 4.42 Å². The maximum atomic E-state index is 13.6. The molecule has 0 atom stereocenters. The van der Waals surface area contributed by atoms with E-state index < -0.39 is 65.0 Å². The zero-order valence-corrected chi connectivity index (χ0v) is 20.8. The fourth-order valence-electron chi connectivity index (χ4n) is 4.22. The molecule has 0 saturated carbocycles. The van der Waals surface area contributed by atoms with Crippen LogP contribution in [0.15, 0.2) is 51.7 Å². The van der Waals surface area contributed by atoms with Crippen molar-refractivity contribution in [1.82, 2.24) is 0 Å². The lowest BCUT2D eigenvalue weighted by molar-refractivity contribution is -0.193. The molecule has 220 valence electrons. The van der Waals surface area contributed by atoms with Gasteiger partial charge in [-0.05, 0) is 36.2 Å². The second kappa shape index (κ2) is 11.0. The molecule has 1 saturated heterocycles. The van der Waals surface area contributed by atoms with E-state index in [0.29, 0.717) is 6.07 Å². The molecule has 2 aromatic carbocycles. The normalized spacial score (nSPS) is 15.6. The lowest BCUT2D eigenvalue weighted by Crippen LogP contribution is -2.39. The highest BCUT2D eigenvalue weighted by atomic mass is 19.4. The summed E-state index contributed by atoms with van der Waals surface area (Å²) in [4.78, 5) is 37.4. The van der Waals surface area contributed by atoms with Gasteiger partial charge in [0, 0.05) is 44.2 Å². The van der Waals surface area contributed by atoms with Crippen LogP contribution in [0.3, 0.4) is 0 Å². The van der Waals surface area contributed by atoms with E-state index in [-0.39, 0.29) is 48.8 Å². The number of nitrogens with one attached hydrogen (secondary N) is 1. The van der Waals surface area contributed by atoms with Gasteiger partial charge in [0.2, 0.25) is 0 Å². The van der Waals surface area contributed by atoms with Crippen molar-refractivity contribution in [2.24, 2.45) is 0 Å². The zero-order chi connectivity index (χ0) is 30.2. The molecule has 1 aliphatic rings. The first-order chi connectivity index (χ1) is 19.0. The third kappa shape index (κ3) is 6.95. The highest BCUT2D eigenvalue weighted by molar-refractivity contribution is 6.02. The van der Waals surface area contributed by atoms with E-state index in [1.54, 1.807) is 0 Å². The minimum Gasteiger partial charge on any atom is -0.440 e. The number of halogens is 8. The molecule has 0 unspecified atom stereocenters. The number of hydrogen-bond donors (Lipinski definition) is 1. The van der Waals surface area contributed by atoms with Gasteiger partial charge in [-0.15, -0.1) is 0 Å². The minimum absolute atomic E-state index is 0.0832. The number of carbonyl (C=O) groups is 2. The Bertz CT molecular complexity index is 1520. The van der Waals surface area contributed by atoms with Crippen LogP contribution in [-0.4, -0.2) is 43.7 Å². The summed E-state index contributed by atoms with van der Waals surface area (Å²) < 4.78 is 115. The number of hydrogen-bond acceptors (Lipinski definition) is 7. The second-order valence-corrected chi connectivity index (χ2v) is 9.20. The molecule has 0 radical (unpaired) electrons. The van der Waals surface area contributed by atoms with Crippen LogP contribution in [0.25, 0.3) is 11.0 Å². The van der Waals surface area contributed by atoms with Crippen LogP contribution in [0.2, 0.25) is 0 Å². The number of fused-ring (bicyclic) bond motifs is 1. The first-order valence-corrected chi connectivity index (χ1v) is 12.0. The molecule has 0 amide bonds. The number of para-hydroxylation sites is 1. The largest absolute Gasteiger partial charge is 0.491 e. The number of alkyl halides is 8. The summed E-state index contributed by atoms with van der Waals surface area (Å²) in [6.07, 6.45) is -11.5. The number of benzene rings is 2. The van der Waals surface area contributed by atoms with Gasteiger partial charge in [0.15, 0.2) is 11.3 Å². The van der Waals surface area contributed by atoms with Crippen molar-refractivity contribution in [1.29, 1.82) is 0 Å².